The summed E-state index contributed by atoms with van der Waals surface area (Å²) in [6, 6.07) is 0. The van der Waals surface area contributed by atoms with Gasteiger partial charge in [-0.3, -0.25) is 4.79 Å². The molecule has 2 N–H and O–H groups in total. The molecule has 1 saturated heterocycles. The van der Waals surface area contributed by atoms with Crippen molar-refractivity contribution < 1.29 is 24.5 Å². The Bertz CT molecular complexity index is 405. The molecular weight excluding hydrogens is 248 g/mol. The summed E-state index contributed by atoms with van der Waals surface area (Å²) in [6.07, 6.45) is 1.76. The lowest BCUT2D eigenvalue weighted by Gasteiger charge is -2.40. The van der Waals surface area contributed by atoms with E-state index in [1.165, 1.54) is 0 Å². The van der Waals surface area contributed by atoms with Crippen molar-refractivity contribution in [1.82, 2.24) is 0 Å². The maximum atomic E-state index is 12.2. The van der Waals surface area contributed by atoms with Gasteiger partial charge in [0.15, 0.2) is 0 Å². The summed E-state index contributed by atoms with van der Waals surface area (Å²) in [5, 5.41) is 20.2. The third-order valence-electron chi connectivity index (χ3n) is 4.41. The number of rotatable bonds is 2. The summed E-state index contributed by atoms with van der Waals surface area (Å²) < 4.78 is 11.1. The Balaban J connectivity index is 1.90. The number of fused-ring (bicyclic) bond motifs is 1. The summed E-state index contributed by atoms with van der Waals surface area (Å²) in [6.45, 7) is 3.60. The smallest absolute Gasteiger partial charge is 0.312 e. The Morgan fingerprint density at radius 1 is 1.37 bits per heavy atom. The van der Waals surface area contributed by atoms with Gasteiger partial charge >= 0.3 is 5.97 Å². The van der Waals surface area contributed by atoms with E-state index in [1.807, 2.05) is 0 Å². The Hall–Kier alpha value is -0.910. The van der Waals surface area contributed by atoms with Crippen molar-refractivity contribution in [2.45, 2.75) is 50.8 Å². The normalized spacial score (nSPS) is 47.5. The van der Waals surface area contributed by atoms with Crippen LogP contribution >= 0.6 is 0 Å². The van der Waals surface area contributed by atoms with Gasteiger partial charge in [0.1, 0.15) is 0 Å². The molecule has 106 valence electrons. The third-order valence-corrected chi connectivity index (χ3v) is 4.41. The van der Waals surface area contributed by atoms with Crippen LogP contribution in [0.5, 0.6) is 0 Å². The molecule has 0 aromatic carbocycles. The van der Waals surface area contributed by atoms with Crippen LogP contribution in [0.15, 0.2) is 12.2 Å². The molecule has 2 bridgehead atoms. The van der Waals surface area contributed by atoms with Crippen molar-refractivity contribution in [3.63, 3.8) is 0 Å². The number of aliphatic hydroxyl groups is 2. The van der Waals surface area contributed by atoms with Crippen LogP contribution in [0.1, 0.15) is 20.3 Å². The van der Waals surface area contributed by atoms with Crippen molar-refractivity contribution in [2.75, 3.05) is 0 Å². The highest BCUT2D eigenvalue weighted by atomic mass is 16.6. The summed E-state index contributed by atoms with van der Waals surface area (Å²) in [5.41, 5.74) is 0. The third kappa shape index (κ3) is 2.00. The van der Waals surface area contributed by atoms with Gasteiger partial charge in [-0.15, -0.1) is 0 Å². The van der Waals surface area contributed by atoms with E-state index >= 15 is 0 Å². The summed E-state index contributed by atoms with van der Waals surface area (Å²) in [7, 11) is 0. The first-order valence-electron chi connectivity index (χ1n) is 6.89. The van der Waals surface area contributed by atoms with E-state index in [0.29, 0.717) is 6.42 Å². The zero-order valence-electron chi connectivity index (χ0n) is 11.1. The number of carbonyl (C=O) groups excluding carboxylic acids is 1. The predicted octanol–water partition coefficient (Wildman–Crippen LogP) is 0.249. The Kier molecular flexibility index (Phi) is 3.15. The lowest BCUT2D eigenvalue weighted by atomic mass is 9.65. The van der Waals surface area contributed by atoms with Crippen molar-refractivity contribution in [3.05, 3.63) is 12.2 Å². The minimum atomic E-state index is -0.717. The molecule has 2 fully saturated rings. The highest BCUT2D eigenvalue weighted by Crippen LogP contribution is 2.50. The van der Waals surface area contributed by atoms with Crippen molar-refractivity contribution >= 4 is 5.97 Å². The highest BCUT2D eigenvalue weighted by molar-refractivity contribution is 5.75. The standard InChI is InChI=1S/C14H20O5/c1-6(2)18-14(17)12-11-7-5-9(16)13(12)19-10(11)4-3-8(7)15/h3-4,6-13,15-16H,5H2,1-2H3/t7-,8-,9+,10-,11+,12-,13+/m1/s1. The maximum absolute atomic E-state index is 12.2. The van der Waals surface area contributed by atoms with E-state index in [9.17, 15) is 15.0 Å². The molecule has 7 atom stereocenters. The molecule has 1 heterocycles. The minimum Gasteiger partial charge on any atom is -0.463 e. The van der Waals surface area contributed by atoms with E-state index in [4.69, 9.17) is 9.47 Å². The van der Waals surface area contributed by atoms with Gasteiger partial charge < -0.3 is 19.7 Å². The van der Waals surface area contributed by atoms with Crippen LogP contribution in [0, 0.1) is 17.8 Å². The molecular formula is C14H20O5. The molecule has 3 aliphatic rings. The van der Waals surface area contributed by atoms with Gasteiger partial charge in [0, 0.05) is 5.92 Å². The summed E-state index contributed by atoms with van der Waals surface area (Å²) in [4.78, 5) is 12.2. The second-order valence-corrected chi connectivity index (χ2v) is 6.00. The van der Waals surface area contributed by atoms with Crippen molar-refractivity contribution in [1.29, 1.82) is 0 Å². The fourth-order valence-electron chi connectivity index (χ4n) is 3.70. The first-order chi connectivity index (χ1) is 8.99. The first kappa shape index (κ1) is 13.1. The molecule has 0 radical (unpaired) electrons. The molecule has 0 spiro atoms. The zero-order valence-corrected chi connectivity index (χ0v) is 11.1. The summed E-state index contributed by atoms with van der Waals surface area (Å²) >= 11 is 0. The van der Waals surface area contributed by atoms with Crippen LogP contribution in [0.3, 0.4) is 0 Å². The quantitative estimate of drug-likeness (QED) is 0.554. The zero-order chi connectivity index (χ0) is 13.7. The molecule has 2 aliphatic carbocycles. The van der Waals surface area contributed by atoms with Crippen LogP contribution in [-0.2, 0) is 14.3 Å². The molecule has 0 amide bonds. The van der Waals surface area contributed by atoms with E-state index in [1.54, 1.807) is 26.0 Å². The van der Waals surface area contributed by atoms with Crippen molar-refractivity contribution in [2.24, 2.45) is 17.8 Å². The molecule has 0 unspecified atom stereocenters. The van der Waals surface area contributed by atoms with Crippen LogP contribution in [-0.4, -0.2) is 46.7 Å². The molecule has 1 saturated carbocycles. The maximum Gasteiger partial charge on any atom is 0.312 e. The Morgan fingerprint density at radius 3 is 2.79 bits per heavy atom. The van der Waals surface area contributed by atoms with Crippen LogP contribution in [0.25, 0.3) is 0 Å². The minimum absolute atomic E-state index is 0.0837. The Morgan fingerprint density at radius 2 is 2.11 bits per heavy atom. The molecule has 5 nitrogen and oxygen atoms in total. The predicted molar refractivity (Wildman–Crippen MR) is 66.1 cm³/mol. The highest BCUT2D eigenvalue weighted by Gasteiger charge is 2.59. The van der Waals surface area contributed by atoms with E-state index < -0.39 is 24.2 Å². The summed E-state index contributed by atoms with van der Waals surface area (Å²) in [5.74, 6) is -1.01. The number of esters is 1. The van der Waals surface area contributed by atoms with Gasteiger partial charge in [-0.2, -0.15) is 0 Å². The van der Waals surface area contributed by atoms with Crippen LogP contribution < -0.4 is 0 Å². The number of aliphatic hydroxyl groups excluding tert-OH is 2. The molecule has 0 aromatic heterocycles. The second kappa shape index (κ2) is 4.58. The fourth-order valence-corrected chi connectivity index (χ4v) is 3.70. The number of carbonyl (C=O) groups is 1. The average Bonchev–Trinajstić information content (AvgIpc) is 2.67. The SMILES string of the molecule is CC(C)OC(=O)[C@H]1[C@H]2O[C@@H]3C=C[C@@H](O)[C@@H](C[C@@H]2O)[C@H]13. The Labute approximate surface area is 112 Å². The second-order valence-electron chi connectivity index (χ2n) is 6.00. The van der Waals surface area contributed by atoms with Gasteiger partial charge in [-0.25, -0.2) is 0 Å². The monoisotopic (exact) mass is 268 g/mol. The van der Waals surface area contributed by atoms with Gasteiger partial charge in [-0.1, -0.05) is 12.2 Å². The fraction of sp³-hybridized carbons (Fsp3) is 0.786. The molecule has 5 heteroatoms. The molecule has 3 rings (SSSR count). The van der Waals surface area contributed by atoms with Crippen LogP contribution in [0.2, 0.25) is 0 Å². The van der Waals surface area contributed by atoms with Crippen molar-refractivity contribution in [3.8, 4) is 0 Å². The van der Waals surface area contributed by atoms with Gasteiger partial charge in [0.2, 0.25) is 0 Å². The topological polar surface area (TPSA) is 76.0 Å². The van der Waals surface area contributed by atoms with Gasteiger partial charge in [-0.05, 0) is 26.2 Å². The van der Waals surface area contributed by atoms with Gasteiger partial charge in [0.25, 0.3) is 0 Å². The first-order valence-corrected chi connectivity index (χ1v) is 6.89. The lowest BCUT2D eigenvalue weighted by molar-refractivity contribution is -0.162. The van der Waals surface area contributed by atoms with Crippen LogP contribution in [0.4, 0.5) is 0 Å². The number of hydrogen-bond donors (Lipinski definition) is 2. The van der Waals surface area contributed by atoms with E-state index in [2.05, 4.69) is 0 Å². The largest absolute Gasteiger partial charge is 0.463 e. The van der Waals surface area contributed by atoms with Gasteiger partial charge in [0.05, 0.1) is 36.4 Å². The number of hydrogen-bond acceptors (Lipinski definition) is 5. The number of ether oxygens (including phenoxy) is 2. The average molecular weight is 268 g/mol. The molecule has 1 aliphatic heterocycles. The van der Waals surface area contributed by atoms with E-state index in [-0.39, 0.29) is 30.0 Å². The van der Waals surface area contributed by atoms with E-state index in [0.717, 1.165) is 0 Å². The lowest BCUT2D eigenvalue weighted by Crippen LogP contribution is -2.50. The molecule has 19 heavy (non-hydrogen) atoms. The molecule has 0 aromatic rings.